The highest BCUT2D eigenvalue weighted by molar-refractivity contribution is 8.17. The van der Waals surface area contributed by atoms with E-state index in [1.165, 1.54) is 13.0 Å². The maximum Gasteiger partial charge on any atom is 0.246 e. The molecule has 0 bridgehead atoms. The van der Waals surface area contributed by atoms with Crippen molar-refractivity contribution >= 4 is 35.1 Å². The van der Waals surface area contributed by atoms with Gasteiger partial charge in [-0.05, 0) is 24.1 Å². The second-order valence-corrected chi connectivity index (χ2v) is 5.88. The quantitative estimate of drug-likeness (QED) is 0.171. The number of benzene rings is 1. The molecule has 0 unspecified atom stereocenters. The van der Waals surface area contributed by atoms with Crippen LogP contribution in [0.25, 0.3) is 0 Å². The first-order valence-electron chi connectivity index (χ1n) is 6.82. The van der Waals surface area contributed by atoms with Crippen LogP contribution in [0.4, 0.5) is 8.78 Å². The Morgan fingerprint density at radius 1 is 1.44 bits per heavy atom. The number of hydrogen-bond donors (Lipinski definition) is 3. The van der Waals surface area contributed by atoms with Gasteiger partial charge in [-0.2, -0.15) is 0 Å². The zero-order chi connectivity index (χ0) is 19.0. The minimum absolute atomic E-state index is 0.00345. The van der Waals surface area contributed by atoms with E-state index in [4.69, 9.17) is 16.2 Å². The lowest BCUT2D eigenvalue weighted by Gasteiger charge is -2.07. The summed E-state index contributed by atoms with van der Waals surface area (Å²) in [5, 5.41) is 16.8. The van der Waals surface area contributed by atoms with Gasteiger partial charge >= 0.3 is 0 Å². The van der Waals surface area contributed by atoms with Crippen molar-refractivity contribution < 1.29 is 23.5 Å². The van der Waals surface area contributed by atoms with E-state index in [1.54, 1.807) is 0 Å². The minimum Gasteiger partial charge on any atom is -0.513 e. The lowest BCUT2D eigenvalue weighted by Crippen LogP contribution is -2.06. The van der Waals surface area contributed by atoms with Gasteiger partial charge in [0.15, 0.2) is 6.29 Å². The normalized spacial score (nSPS) is 12.8. The predicted molar refractivity (Wildman–Crippen MR) is 92.5 cm³/mol. The smallest absolute Gasteiger partial charge is 0.246 e. The largest absolute Gasteiger partial charge is 0.513 e. The molecule has 132 valence electrons. The van der Waals surface area contributed by atoms with Gasteiger partial charge in [0.1, 0.15) is 23.6 Å². The molecular formula is C16H15F2N3O3S. The number of carbonyl (C=O) groups excluding carboxylic acids is 2. The molecule has 0 atom stereocenters. The molecule has 0 radical (unpaired) electrons. The van der Waals surface area contributed by atoms with Crippen molar-refractivity contribution in [1.82, 2.24) is 0 Å². The molecule has 0 amide bonds. The highest BCUT2D eigenvalue weighted by Crippen LogP contribution is 2.19. The van der Waals surface area contributed by atoms with Crippen LogP contribution in [0.5, 0.6) is 0 Å². The molecule has 9 heteroatoms. The lowest BCUT2D eigenvalue weighted by molar-refractivity contribution is -0.127. The van der Waals surface area contributed by atoms with Crippen LogP contribution in [0.1, 0.15) is 12.5 Å². The van der Waals surface area contributed by atoms with Crippen molar-refractivity contribution in [2.75, 3.05) is 0 Å². The first-order valence-corrected chi connectivity index (χ1v) is 7.63. The minimum atomic E-state index is -1.00. The Hall–Kier alpha value is -2.81. The van der Waals surface area contributed by atoms with Crippen LogP contribution >= 0.6 is 11.8 Å². The van der Waals surface area contributed by atoms with Gasteiger partial charge in [0.25, 0.3) is 0 Å². The van der Waals surface area contributed by atoms with E-state index in [1.807, 2.05) is 0 Å². The zero-order valence-corrected chi connectivity index (χ0v) is 13.9. The summed E-state index contributed by atoms with van der Waals surface area (Å²) in [7, 11) is 0. The van der Waals surface area contributed by atoms with E-state index in [0.29, 0.717) is 11.8 Å². The maximum atomic E-state index is 13.6. The summed E-state index contributed by atoms with van der Waals surface area (Å²) in [6, 6.07) is 3.08. The number of nitrogens with one attached hydrogen (secondary N) is 1. The van der Waals surface area contributed by atoms with Crippen molar-refractivity contribution in [2.24, 2.45) is 10.7 Å². The molecular weight excluding hydrogens is 352 g/mol. The SMILES string of the molecule is CC(C=NC(=CO)C(=O)C=O)=C(N)SC(=N)Cc1ccc(F)cc1F. The lowest BCUT2D eigenvalue weighted by atomic mass is 10.1. The number of aliphatic imine (C=N–C) groups is 1. The third-order valence-electron chi connectivity index (χ3n) is 2.87. The highest BCUT2D eigenvalue weighted by atomic mass is 32.2. The number of carbonyl (C=O) groups is 2. The molecule has 0 spiro atoms. The zero-order valence-electron chi connectivity index (χ0n) is 13.1. The van der Waals surface area contributed by atoms with Gasteiger partial charge in [-0.3, -0.25) is 15.0 Å². The summed E-state index contributed by atoms with van der Waals surface area (Å²) < 4.78 is 26.4. The van der Waals surface area contributed by atoms with E-state index in [-0.39, 0.29) is 28.3 Å². The summed E-state index contributed by atoms with van der Waals surface area (Å²) in [5.74, 6) is -2.46. The Morgan fingerprint density at radius 2 is 2.12 bits per heavy atom. The fourth-order valence-corrected chi connectivity index (χ4v) is 2.25. The molecule has 0 heterocycles. The average Bonchev–Trinajstić information content (AvgIpc) is 2.57. The Labute approximate surface area is 146 Å². The van der Waals surface area contributed by atoms with Crippen LogP contribution in [0.15, 0.2) is 45.8 Å². The molecule has 0 aromatic heterocycles. The maximum absolute atomic E-state index is 13.6. The molecule has 1 aromatic carbocycles. The average molecular weight is 367 g/mol. The Bertz CT molecular complexity index is 789. The van der Waals surface area contributed by atoms with Gasteiger partial charge in [0.05, 0.1) is 10.1 Å². The van der Waals surface area contributed by atoms with E-state index in [9.17, 15) is 18.4 Å². The first kappa shape index (κ1) is 20.2. The number of allylic oxidation sites excluding steroid dienone is 2. The van der Waals surface area contributed by atoms with Gasteiger partial charge in [0, 0.05) is 18.7 Å². The van der Waals surface area contributed by atoms with E-state index >= 15 is 0 Å². The van der Waals surface area contributed by atoms with Gasteiger partial charge < -0.3 is 10.8 Å². The molecule has 1 aromatic rings. The summed E-state index contributed by atoms with van der Waals surface area (Å²) in [4.78, 5) is 25.1. The fraction of sp³-hybridized carbons (Fsp3) is 0.125. The molecule has 25 heavy (non-hydrogen) atoms. The van der Waals surface area contributed by atoms with Gasteiger partial charge in [-0.15, -0.1) is 0 Å². The first-order chi connectivity index (χ1) is 11.8. The monoisotopic (exact) mass is 367 g/mol. The number of rotatable bonds is 7. The summed E-state index contributed by atoms with van der Waals surface area (Å²) in [6.07, 6.45) is 1.47. The van der Waals surface area contributed by atoms with E-state index < -0.39 is 23.1 Å². The van der Waals surface area contributed by atoms with Crippen LogP contribution in [-0.4, -0.2) is 28.4 Å². The standard InChI is InChI=1S/C16H15F2N3O3S/c1-9(6-21-13(7-22)14(24)8-23)16(20)25-15(19)4-10-2-3-11(17)5-12(10)18/h2-3,5-8,19,22H,4,20H2,1H3. The topological polar surface area (TPSA) is 117 Å². The predicted octanol–water partition coefficient (Wildman–Crippen LogP) is 2.65. The van der Waals surface area contributed by atoms with Gasteiger partial charge in [-0.1, -0.05) is 17.8 Å². The number of nitrogens with two attached hydrogens (primary N) is 1. The number of thioether (sulfide) groups is 1. The molecule has 0 aliphatic carbocycles. The molecule has 0 saturated heterocycles. The summed E-state index contributed by atoms with van der Waals surface area (Å²) in [5.41, 5.74) is 5.85. The number of hydrogen-bond acceptors (Lipinski definition) is 7. The van der Waals surface area contributed by atoms with Crippen molar-refractivity contribution in [3.8, 4) is 0 Å². The molecule has 1 rings (SSSR count). The number of ketones is 1. The number of aliphatic hydroxyl groups is 1. The molecule has 6 nitrogen and oxygen atoms in total. The van der Waals surface area contributed by atoms with Crippen LogP contribution in [0, 0.1) is 17.0 Å². The molecule has 0 fully saturated rings. The Kier molecular flexibility index (Phi) is 7.67. The van der Waals surface area contributed by atoms with Crippen LogP contribution in [-0.2, 0) is 16.0 Å². The second kappa shape index (κ2) is 9.48. The molecule has 0 saturated carbocycles. The number of Topliss-reactive ketones (excluding diaryl/α,β-unsaturated/α-hetero) is 1. The highest BCUT2D eigenvalue weighted by Gasteiger charge is 2.10. The van der Waals surface area contributed by atoms with E-state index in [2.05, 4.69) is 4.99 Å². The summed E-state index contributed by atoms with van der Waals surface area (Å²) >= 11 is 0.841. The Balaban J connectivity index is 2.79. The number of halogens is 2. The number of aldehydes is 1. The van der Waals surface area contributed by atoms with Crippen LogP contribution < -0.4 is 5.73 Å². The third kappa shape index (κ3) is 6.30. The Morgan fingerprint density at radius 3 is 2.68 bits per heavy atom. The molecule has 0 aliphatic rings. The van der Waals surface area contributed by atoms with Crippen molar-refractivity contribution in [3.63, 3.8) is 0 Å². The van der Waals surface area contributed by atoms with Crippen LogP contribution in [0.3, 0.4) is 0 Å². The number of nitrogens with zero attached hydrogens (tertiary/aromatic N) is 1. The summed E-state index contributed by atoms with van der Waals surface area (Å²) in [6.45, 7) is 1.54. The van der Waals surface area contributed by atoms with Gasteiger partial charge in [0.2, 0.25) is 5.78 Å². The fourth-order valence-electron chi connectivity index (χ4n) is 1.54. The molecule has 4 N–H and O–H groups in total. The van der Waals surface area contributed by atoms with Crippen molar-refractivity contribution in [1.29, 1.82) is 5.41 Å². The van der Waals surface area contributed by atoms with Gasteiger partial charge in [-0.25, -0.2) is 13.8 Å². The molecule has 0 aliphatic heterocycles. The third-order valence-corrected chi connectivity index (χ3v) is 3.80. The van der Waals surface area contributed by atoms with E-state index in [0.717, 1.165) is 30.1 Å². The van der Waals surface area contributed by atoms with Crippen LogP contribution in [0.2, 0.25) is 0 Å². The van der Waals surface area contributed by atoms with Crippen molar-refractivity contribution in [2.45, 2.75) is 13.3 Å². The van der Waals surface area contributed by atoms with Crippen molar-refractivity contribution in [3.05, 3.63) is 58.0 Å². The number of aliphatic hydroxyl groups excluding tert-OH is 1. The second-order valence-electron chi connectivity index (χ2n) is 4.74.